The number of carbonyl (C=O) groups is 1. The summed E-state index contributed by atoms with van der Waals surface area (Å²) in [5, 5.41) is 5.28. The lowest BCUT2D eigenvalue weighted by Gasteiger charge is -2.25. The van der Waals surface area contributed by atoms with Crippen LogP contribution in [-0.2, 0) is 14.9 Å². The molecule has 2 N–H and O–H groups in total. The van der Waals surface area contributed by atoms with Crippen molar-refractivity contribution in [2.75, 3.05) is 31.6 Å². The van der Waals surface area contributed by atoms with Crippen LogP contribution in [0.5, 0.6) is 0 Å². The third kappa shape index (κ3) is 4.88. The molecule has 0 aliphatic carbocycles. The molecule has 1 saturated heterocycles. The standard InChI is InChI=1S/C18H24N4O4S2/c1-12(2)14-5-4-13(3)15(10-14)19-18-20-16(11-27-18)17(23)21-28(24,25)22-6-8-26-9-7-22/h4-5,10-12H,6-9H2,1-3H3,(H,19,20)(H,21,23). The predicted octanol–water partition coefficient (Wildman–Crippen LogP) is 2.63. The van der Waals surface area contributed by atoms with Gasteiger partial charge in [0.2, 0.25) is 0 Å². The Morgan fingerprint density at radius 3 is 2.68 bits per heavy atom. The highest BCUT2D eigenvalue weighted by Crippen LogP contribution is 2.27. The molecule has 3 rings (SSSR count). The van der Waals surface area contributed by atoms with E-state index < -0.39 is 16.1 Å². The number of carbonyl (C=O) groups excluding carboxylic acids is 1. The molecule has 1 aliphatic rings. The van der Waals surface area contributed by atoms with Gasteiger partial charge in [-0.2, -0.15) is 12.7 Å². The molecule has 28 heavy (non-hydrogen) atoms. The van der Waals surface area contributed by atoms with Crippen molar-refractivity contribution in [1.82, 2.24) is 14.0 Å². The molecule has 2 heterocycles. The minimum absolute atomic E-state index is 0.0574. The van der Waals surface area contributed by atoms with Crippen molar-refractivity contribution in [3.63, 3.8) is 0 Å². The number of aromatic nitrogens is 1. The first kappa shape index (κ1) is 20.7. The Bertz CT molecular complexity index is 950. The van der Waals surface area contributed by atoms with E-state index in [9.17, 15) is 13.2 Å². The summed E-state index contributed by atoms with van der Waals surface area (Å²) in [5.41, 5.74) is 3.22. The maximum Gasteiger partial charge on any atom is 0.304 e. The second-order valence-corrected chi connectivity index (χ2v) is 9.37. The molecule has 0 unspecified atom stereocenters. The van der Waals surface area contributed by atoms with Gasteiger partial charge in [-0.05, 0) is 30.0 Å². The fourth-order valence-corrected chi connectivity index (χ4v) is 4.51. The minimum Gasteiger partial charge on any atom is -0.379 e. The minimum atomic E-state index is -3.90. The normalized spacial score (nSPS) is 15.6. The van der Waals surface area contributed by atoms with Crippen LogP contribution in [0.15, 0.2) is 23.6 Å². The summed E-state index contributed by atoms with van der Waals surface area (Å²) in [7, 11) is -3.90. The number of nitrogens with one attached hydrogen (secondary N) is 2. The van der Waals surface area contributed by atoms with Crippen LogP contribution in [-0.4, -0.2) is 49.9 Å². The summed E-state index contributed by atoms with van der Waals surface area (Å²) in [6.07, 6.45) is 0. The fourth-order valence-electron chi connectivity index (χ4n) is 2.70. The maximum atomic E-state index is 12.3. The van der Waals surface area contributed by atoms with Crippen LogP contribution in [0, 0.1) is 6.92 Å². The van der Waals surface area contributed by atoms with E-state index >= 15 is 0 Å². The lowest BCUT2D eigenvalue weighted by Crippen LogP contribution is -2.48. The third-order valence-electron chi connectivity index (χ3n) is 4.44. The number of aryl methyl sites for hydroxylation is 1. The van der Waals surface area contributed by atoms with E-state index in [4.69, 9.17) is 4.74 Å². The average molecular weight is 425 g/mol. The highest BCUT2D eigenvalue weighted by Gasteiger charge is 2.27. The van der Waals surface area contributed by atoms with Crippen molar-refractivity contribution < 1.29 is 17.9 Å². The van der Waals surface area contributed by atoms with Crippen molar-refractivity contribution in [2.24, 2.45) is 0 Å². The number of nitrogens with zero attached hydrogens (tertiary/aromatic N) is 2. The van der Waals surface area contributed by atoms with Gasteiger partial charge in [0, 0.05) is 24.2 Å². The number of hydrogen-bond acceptors (Lipinski definition) is 7. The van der Waals surface area contributed by atoms with Gasteiger partial charge in [0.1, 0.15) is 5.69 Å². The molecule has 1 aromatic carbocycles. The molecule has 0 radical (unpaired) electrons. The summed E-state index contributed by atoms with van der Waals surface area (Å²) in [6.45, 7) is 7.30. The van der Waals surface area contributed by atoms with Gasteiger partial charge in [-0.15, -0.1) is 11.3 Å². The highest BCUT2D eigenvalue weighted by atomic mass is 32.2. The summed E-state index contributed by atoms with van der Waals surface area (Å²) in [6, 6.07) is 6.18. The Morgan fingerprint density at radius 2 is 2.00 bits per heavy atom. The largest absolute Gasteiger partial charge is 0.379 e. The van der Waals surface area contributed by atoms with Crippen molar-refractivity contribution in [3.05, 3.63) is 40.4 Å². The third-order valence-corrected chi connectivity index (χ3v) is 6.68. The molecule has 152 valence electrons. The predicted molar refractivity (Wildman–Crippen MR) is 109 cm³/mol. The number of amides is 1. The number of ether oxygens (including phenoxy) is 1. The first-order chi connectivity index (χ1) is 13.3. The fraction of sp³-hybridized carbons (Fsp3) is 0.444. The number of anilines is 2. The van der Waals surface area contributed by atoms with Crippen LogP contribution < -0.4 is 10.0 Å². The van der Waals surface area contributed by atoms with Crippen molar-refractivity contribution in [2.45, 2.75) is 26.7 Å². The lowest BCUT2D eigenvalue weighted by atomic mass is 10.0. The lowest BCUT2D eigenvalue weighted by molar-refractivity contribution is 0.0718. The molecular formula is C18H24N4O4S2. The first-order valence-electron chi connectivity index (χ1n) is 8.99. The number of benzene rings is 1. The van der Waals surface area contributed by atoms with Crippen LogP contribution in [0.2, 0.25) is 0 Å². The molecule has 2 aromatic rings. The summed E-state index contributed by atoms with van der Waals surface area (Å²) < 4.78 is 33.0. The molecule has 8 nitrogen and oxygen atoms in total. The molecule has 0 bridgehead atoms. The summed E-state index contributed by atoms with van der Waals surface area (Å²) in [4.78, 5) is 16.6. The SMILES string of the molecule is Cc1ccc(C(C)C)cc1Nc1nc(C(=O)NS(=O)(=O)N2CCOCC2)cs1. The molecule has 1 amide bonds. The number of thiazole rings is 1. The van der Waals surface area contributed by atoms with Crippen LogP contribution >= 0.6 is 11.3 Å². The highest BCUT2D eigenvalue weighted by molar-refractivity contribution is 7.87. The van der Waals surface area contributed by atoms with E-state index in [1.165, 1.54) is 26.6 Å². The van der Waals surface area contributed by atoms with Crippen LogP contribution in [0.25, 0.3) is 0 Å². The van der Waals surface area contributed by atoms with Crippen molar-refractivity contribution in [1.29, 1.82) is 0 Å². The average Bonchev–Trinajstić information content (AvgIpc) is 3.12. The van der Waals surface area contributed by atoms with E-state index in [0.717, 1.165) is 11.3 Å². The Balaban J connectivity index is 1.70. The Labute approximate surface area is 169 Å². The van der Waals surface area contributed by atoms with Gasteiger partial charge in [0.15, 0.2) is 5.13 Å². The Kier molecular flexibility index (Phi) is 6.33. The van der Waals surface area contributed by atoms with Crippen molar-refractivity contribution in [3.8, 4) is 0 Å². The quantitative estimate of drug-likeness (QED) is 0.739. The molecule has 10 heteroatoms. The molecule has 1 fully saturated rings. The van der Waals surface area contributed by atoms with Gasteiger partial charge in [-0.3, -0.25) is 4.79 Å². The molecular weight excluding hydrogens is 400 g/mol. The van der Waals surface area contributed by atoms with E-state index in [1.54, 1.807) is 0 Å². The topological polar surface area (TPSA) is 101 Å². The second-order valence-electron chi connectivity index (χ2n) is 6.84. The first-order valence-corrected chi connectivity index (χ1v) is 11.3. The number of hydrogen-bond donors (Lipinski definition) is 2. The summed E-state index contributed by atoms with van der Waals surface area (Å²) >= 11 is 1.25. The Hall–Kier alpha value is -2.01. The zero-order chi connectivity index (χ0) is 20.3. The van der Waals surface area contributed by atoms with Gasteiger partial charge in [0.25, 0.3) is 5.91 Å². The zero-order valence-corrected chi connectivity index (χ0v) is 17.7. The van der Waals surface area contributed by atoms with Gasteiger partial charge in [-0.1, -0.05) is 26.0 Å². The summed E-state index contributed by atoms with van der Waals surface area (Å²) in [5.74, 6) is -0.354. The molecule has 1 aliphatic heterocycles. The zero-order valence-electron chi connectivity index (χ0n) is 16.1. The van der Waals surface area contributed by atoms with Gasteiger partial charge < -0.3 is 10.1 Å². The molecule has 0 atom stereocenters. The smallest absolute Gasteiger partial charge is 0.304 e. The maximum absolute atomic E-state index is 12.3. The van der Waals surface area contributed by atoms with Crippen LogP contribution in [0.4, 0.5) is 10.8 Å². The molecule has 0 spiro atoms. The van der Waals surface area contributed by atoms with E-state index in [-0.39, 0.29) is 18.8 Å². The number of rotatable bonds is 6. The molecule has 1 aromatic heterocycles. The second kappa shape index (κ2) is 8.56. The van der Waals surface area contributed by atoms with Gasteiger partial charge in [0.05, 0.1) is 13.2 Å². The Morgan fingerprint density at radius 1 is 1.29 bits per heavy atom. The van der Waals surface area contributed by atoms with E-state index in [1.807, 2.05) is 13.0 Å². The van der Waals surface area contributed by atoms with Gasteiger partial charge >= 0.3 is 10.2 Å². The monoisotopic (exact) mass is 424 g/mol. The van der Waals surface area contributed by atoms with Crippen molar-refractivity contribution >= 4 is 38.3 Å². The van der Waals surface area contributed by atoms with Gasteiger partial charge in [-0.25, -0.2) is 9.71 Å². The van der Waals surface area contributed by atoms with Crippen LogP contribution in [0.3, 0.4) is 0 Å². The number of morpholine rings is 1. The van der Waals surface area contributed by atoms with E-state index in [2.05, 4.69) is 41.0 Å². The van der Waals surface area contributed by atoms with E-state index in [0.29, 0.717) is 24.3 Å². The molecule has 0 saturated carbocycles. The van der Waals surface area contributed by atoms with Crippen LogP contribution in [0.1, 0.15) is 41.4 Å².